The highest BCUT2D eigenvalue weighted by Gasteiger charge is 2.31. The lowest BCUT2D eigenvalue weighted by atomic mass is 9.91. The van der Waals surface area contributed by atoms with E-state index < -0.39 is 6.09 Å². The molecule has 0 spiro atoms. The number of nitrogens with zero attached hydrogens (tertiary/aromatic N) is 8. The van der Waals surface area contributed by atoms with E-state index >= 15 is 0 Å². The number of ether oxygens (including phenoxy) is 1. The number of carbonyl (C=O) groups excluding carboxylic acids is 2. The maximum atomic E-state index is 13.7. The van der Waals surface area contributed by atoms with Crippen molar-refractivity contribution in [1.82, 2.24) is 34.6 Å². The average Bonchev–Trinajstić information content (AvgIpc) is 3.57. The maximum absolute atomic E-state index is 13.7. The van der Waals surface area contributed by atoms with Crippen LogP contribution in [0.2, 0.25) is 0 Å². The second kappa shape index (κ2) is 12.1. The Morgan fingerprint density at radius 3 is 2.67 bits per heavy atom. The standard InChI is InChI=1S/C31H30BN9O3S/c1-44-31(43)37-30-36-23-8-7-21-25(20-5-2-10-33-18-20)38-41(26(21)27(23)45-30)24-9-6-19(17-22(24)32)28(42)39-13-4-14-40(16-15-39)29-34-11-3-12-35-29/h2-3,5-6,9-12,17-18H,4,7-8,13-16,32H2,1H3,(H,36,37,43). The zero-order valence-corrected chi connectivity index (χ0v) is 25.8. The number of amides is 2. The molecule has 2 aliphatic rings. The number of pyridine rings is 1. The predicted octanol–water partition coefficient (Wildman–Crippen LogP) is 2.74. The van der Waals surface area contributed by atoms with Crippen molar-refractivity contribution in [1.29, 1.82) is 0 Å². The topological polar surface area (TPSA) is 131 Å². The third-order valence-corrected chi connectivity index (χ3v) is 9.15. The van der Waals surface area contributed by atoms with E-state index in [9.17, 15) is 9.59 Å². The zero-order chi connectivity index (χ0) is 30.9. The third-order valence-electron chi connectivity index (χ3n) is 8.13. The first-order chi connectivity index (χ1) is 22.0. The van der Waals surface area contributed by atoms with Gasteiger partial charge in [0.25, 0.3) is 5.91 Å². The summed E-state index contributed by atoms with van der Waals surface area (Å²) in [5.41, 5.74) is 7.14. The number of anilines is 2. The van der Waals surface area contributed by atoms with Crippen LogP contribution in [0, 0.1) is 0 Å². The summed E-state index contributed by atoms with van der Waals surface area (Å²) < 4.78 is 6.73. The molecule has 0 bridgehead atoms. The lowest BCUT2D eigenvalue weighted by Gasteiger charge is -2.22. The van der Waals surface area contributed by atoms with Gasteiger partial charge in [-0.05, 0) is 49.6 Å². The van der Waals surface area contributed by atoms with Gasteiger partial charge in [-0.2, -0.15) is 5.10 Å². The Bertz CT molecular complexity index is 1880. The van der Waals surface area contributed by atoms with Gasteiger partial charge in [0.05, 0.1) is 34.8 Å². The Morgan fingerprint density at radius 1 is 1.02 bits per heavy atom. The van der Waals surface area contributed by atoms with Crippen LogP contribution in [0.5, 0.6) is 0 Å². The molecule has 7 rings (SSSR count). The first kappa shape index (κ1) is 28.7. The molecule has 0 unspecified atom stereocenters. The summed E-state index contributed by atoms with van der Waals surface area (Å²) in [5, 5.41) is 8.31. The second-order valence-corrected chi connectivity index (χ2v) is 11.9. The normalized spacial score (nSPS) is 14.3. The van der Waals surface area contributed by atoms with Crippen LogP contribution in [0.25, 0.3) is 27.5 Å². The number of benzene rings is 1. The molecule has 0 atom stereocenters. The van der Waals surface area contributed by atoms with Crippen LogP contribution in [-0.2, 0) is 17.6 Å². The smallest absolute Gasteiger partial charge is 0.413 e. The van der Waals surface area contributed by atoms with Crippen LogP contribution in [0.15, 0.2) is 61.2 Å². The van der Waals surface area contributed by atoms with Crippen molar-refractivity contribution in [2.75, 3.05) is 43.5 Å². The molecule has 1 aromatic carbocycles. The molecule has 1 fully saturated rings. The Kier molecular flexibility index (Phi) is 7.72. The van der Waals surface area contributed by atoms with Gasteiger partial charge in [0.2, 0.25) is 5.95 Å². The number of aryl methyl sites for hydroxylation is 1. The number of hydrogen-bond donors (Lipinski definition) is 1. The molecule has 1 saturated heterocycles. The fourth-order valence-electron chi connectivity index (χ4n) is 5.95. The molecule has 4 aromatic heterocycles. The summed E-state index contributed by atoms with van der Waals surface area (Å²) >= 11 is 1.40. The van der Waals surface area contributed by atoms with Crippen LogP contribution in [0.3, 0.4) is 0 Å². The summed E-state index contributed by atoms with van der Waals surface area (Å²) in [4.78, 5) is 48.4. The highest BCUT2D eigenvalue weighted by molar-refractivity contribution is 7.19. The van der Waals surface area contributed by atoms with Gasteiger partial charge in [0, 0.05) is 67.7 Å². The summed E-state index contributed by atoms with van der Waals surface area (Å²) in [6.07, 6.45) is 8.78. The largest absolute Gasteiger partial charge is 0.453 e. The van der Waals surface area contributed by atoms with Gasteiger partial charge >= 0.3 is 6.09 Å². The Hall–Kier alpha value is -5.11. The number of nitrogens with one attached hydrogen (secondary N) is 1. The van der Waals surface area contributed by atoms with E-state index in [4.69, 9.17) is 9.84 Å². The summed E-state index contributed by atoms with van der Waals surface area (Å²) in [5.74, 6) is 0.694. The van der Waals surface area contributed by atoms with Crippen LogP contribution < -0.4 is 15.7 Å². The van der Waals surface area contributed by atoms with E-state index in [1.165, 1.54) is 18.4 Å². The van der Waals surface area contributed by atoms with Crippen molar-refractivity contribution in [2.45, 2.75) is 19.3 Å². The van der Waals surface area contributed by atoms with Crippen molar-refractivity contribution in [2.24, 2.45) is 0 Å². The Morgan fingerprint density at radius 2 is 1.89 bits per heavy atom. The van der Waals surface area contributed by atoms with Gasteiger partial charge in [-0.3, -0.25) is 15.1 Å². The number of methoxy groups -OCH3 is 1. The van der Waals surface area contributed by atoms with Crippen molar-refractivity contribution in [3.05, 3.63) is 78.0 Å². The van der Waals surface area contributed by atoms with Gasteiger partial charge in [-0.1, -0.05) is 22.9 Å². The fourth-order valence-corrected chi connectivity index (χ4v) is 7.01. The zero-order valence-electron chi connectivity index (χ0n) is 24.9. The minimum Gasteiger partial charge on any atom is -0.453 e. The van der Waals surface area contributed by atoms with Crippen LogP contribution in [0.1, 0.15) is 28.0 Å². The molecular weight excluding hydrogens is 589 g/mol. The number of carbonyl (C=O) groups is 2. The van der Waals surface area contributed by atoms with Crippen LogP contribution >= 0.6 is 11.3 Å². The van der Waals surface area contributed by atoms with E-state index in [0.29, 0.717) is 36.3 Å². The van der Waals surface area contributed by atoms with Crippen molar-refractivity contribution < 1.29 is 14.3 Å². The lowest BCUT2D eigenvalue weighted by molar-refractivity contribution is 0.0767. The number of hydrogen-bond acceptors (Lipinski definition) is 10. The number of fused-ring (bicyclic) bond motifs is 3. The minimum atomic E-state index is -0.563. The first-order valence-corrected chi connectivity index (χ1v) is 15.6. The summed E-state index contributed by atoms with van der Waals surface area (Å²) in [6.45, 7) is 2.73. The van der Waals surface area contributed by atoms with Crippen LogP contribution in [-0.4, -0.2) is 87.8 Å². The first-order valence-electron chi connectivity index (χ1n) is 14.8. The van der Waals surface area contributed by atoms with Crippen molar-refractivity contribution >= 4 is 47.7 Å². The van der Waals surface area contributed by atoms with Gasteiger partial charge in [0.15, 0.2) is 5.13 Å². The maximum Gasteiger partial charge on any atom is 0.413 e. The lowest BCUT2D eigenvalue weighted by Crippen LogP contribution is -2.36. The van der Waals surface area contributed by atoms with E-state index in [0.717, 1.165) is 70.0 Å². The number of thiazole rings is 1. The molecule has 1 N–H and O–H groups in total. The predicted molar refractivity (Wildman–Crippen MR) is 174 cm³/mol. The molecule has 1 aliphatic carbocycles. The molecule has 5 heterocycles. The van der Waals surface area contributed by atoms with E-state index in [-0.39, 0.29) is 5.91 Å². The molecule has 2 amide bonds. The average molecular weight is 620 g/mol. The molecule has 1 aliphatic heterocycles. The van der Waals surface area contributed by atoms with Crippen molar-refractivity contribution in [3.8, 4) is 27.5 Å². The SMILES string of the molecule is Bc1cc(C(=O)N2CCCN(c3ncccn3)CC2)ccc1-n1nc(-c2cccnc2)c2c1-c1sc(NC(=O)OC)nc1CC2. The van der Waals surface area contributed by atoms with Crippen LogP contribution in [0.4, 0.5) is 15.9 Å². The van der Waals surface area contributed by atoms with Crippen molar-refractivity contribution in [3.63, 3.8) is 0 Å². The molecule has 5 aromatic rings. The van der Waals surface area contributed by atoms with E-state index in [1.807, 2.05) is 54.0 Å². The number of rotatable bonds is 5. The number of aromatic nitrogens is 6. The molecule has 226 valence electrons. The van der Waals surface area contributed by atoms with Gasteiger partial charge < -0.3 is 14.5 Å². The van der Waals surface area contributed by atoms with Gasteiger partial charge in [-0.15, -0.1) is 0 Å². The molecular formula is C31H30BN9O3S. The van der Waals surface area contributed by atoms with E-state index in [1.54, 1.807) is 24.7 Å². The van der Waals surface area contributed by atoms with Gasteiger partial charge in [0.1, 0.15) is 7.85 Å². The minimum absolute atomic E-state index is 0.00212. The summed E-state index contributed by atoms with van der Waals surface area (Å²) in [7, 11) is 3.33. The highest BCUT2D eigenvalue weighted by Crippen LogP contribution is 2.44. The van der Waals surface area contributed by atoms with Gasteiger partial charge in [-0.25, -0.2) is 24.4 Å². The highest BCUT2D eigenvalue weighted by atomic mass is 32.1. The van der Waals surface area contributed by atoms with E-state index in [2.05, 4.69) is 30.2 Å². The molecule has 12 nitrogen and oxygen atoms in total. The third kappa shape index (κ3) is 5.52. The second-order valence-electron chi connectivity index (χ2n) is 10.9. The molecule has 0 saturated carbocycles. The fraction of sp³-hybridized carbons (Fsp3) is 0.258. The quantitative estimate of drug-likeness (QED) is 0.295. The molecule has 14 heteroatoms. The Labute approximate surface area is 264 Å². The molecule has 0 radical (unpaired) electrons. The Balaban J connectivity index is 1.22. The molecule has 45 heavy (non-hydrogen) atoms. The summed E-state index contributed by atoms with van der Waals surface area (Å²) in [6, 6.07) is 11.5. The monoisotopic (exact) mass is 619 g/mol.